The first-order valence-electron chi connectivity index (χ1n) is 4.50. The monoisotopic (exact) mass is 199 g/mol. The molecule has 0 fully saturated rings. The summed E-state index contributed by atoms with van der Waals surface area (Å²) in [7, 11) is 1.58. The highest BCUT2D eigenvalue weighted by molar-refractivity contribution is 5.77. The maximum atomic E-state index is 11.1. The largest absolute Gasteiger partial charge is 0.382 e. The molecule has 4 nitrogen and oxygen atoms in total. The Balaban J connectivity index is 3.41. The third-order valence-electron chi connectivity index (χ3n) is 1.50. The highest BCUT2D eigenvalue weighted by Gasteiger charge is 2.05. The second-order valence-corrected chi connectivity index (χ2v) is 2.92. The molecule has 0 aromatic carbocycles. The SMILES string of the molecule is C#CCC(C)NC(=O)COCCOC. The minimum Gasteiger partial charge on any atom is -0.382 e. The number of terminal acetylenes is 1. The molecular weight excluding hydrogens is 182 g/mol. The van der Waals surface area contributed by atoms with Gasteiger partial charge < -0.3 is 14.8 Å². The summed E-state index contributed by atoms with van der Waals surface area (Å²) in [6, 6.07) is -0.00137. The summed E-state index contributed by atoms with van der Waals surface area (Å²) in [5.74, 6) is 2.32. The summed E-state index contributed by atoms with van der Waals surface area (Å²) >= 11 is 0. The van der Waals surface area contributed by atoms with Gasteiger partial charge in [-0.1, -0.05) is 0 Å². The molecule has 0 saturated carbocycles. The Bertz CT molecular complexity index is 198. The van der Waals surface area contributed by atoms with Crippen molar-refractivity contribution in [1.29, 1.82) is 0 Å². The zero-order valence-electron chi connectivity index (χ0n) is 8.71. The van der Waals surface area contributed by atoms with Crippen molar-refractivity contribution >= 4 is 5.91 Å². The van der Waals surface area contributed by atoms with Crippen LogP contribution in [0.25, 0.3) is 0 Å². The van der Waals surface area contributed by atoms with Crippen molar-refractivity contribution < 1.29 is 14.3 Å². The number of rotatable bonds is 7. The number of hydrogen-bond donors (Lipinski definition) is 1. The van der Waals surface area contributed by atoms with E-state index >= 15 is 0 Å². The van der Waals surface area contributed by atoms with Gasteiger partial charge in [-0.15, -0.1) is 12.3 Å². The lowest BCUT2D eigenvalue weighted by atomic mass is 10.2. The first-order valence-corrected chi connectivity index (χ1v) is 4.50. The molecule has 0 radical (unpaired) electrons. The maximum absolute atomic E-state index is 11.1. The number of carbonyl (C=O) groups excluding carboxylic acids is 1. The van der Waals surface area contributed by atoms with E-state index in [1.807, 2.05) is 6.92 Å². The summed E-state index contributed by atoms with van der Waals surface area (Å²) < 4.78 is 9.79. The fourth-order valence-corrected chi connectivity index (χ4v) is 0.851. The fraction of sp³-hybridized carbons (Fsp3) is 0.700. The van der Waals surface area contributed by atoms with E-state index in [0.717, 1.165) is 0 Å². The predicted molar refractivity (Wildman–Crippen MR) is 53.7 cm³/mol. The second-order valence-electron chi connectivity index (χ2n) is 2.92. The van der Waals surface area contributed by atoms with Gasteiger partial charge in [0.15, 0.2) is 0 Å². The lowest BCUT2D eigenvalue weighted by molar-refractivity contribution is -0.126. The molecule has 0 aromatic heterocycles. The number of carbonyl (C=O) groups is 1. The van der Waals surface area contributed by atoms with Crippen LogP contribution in [0.4, 0.5) is 0 Å². The van der Waals surface area contributed by atoms with Crippen LogP contribution in [0.15, 0.2) is 0 Å². The van der Waals surface area contributed by atoms with Gasteiger partial charge in [0.1, 0.15) is 6.61 Å². The molecule has 0 heterocycles. The molecule has 0 aliphatic rings. The molecule has 0 rings (SSSR count). The van der Waals surface area contributed by atoms with E-state index in [1.54, 1.807) is 7.11 Å². The maximum Gasteiger partial charge on any atom is 0.246 e. The lowest BCUT2D eigenvalue weighted by Gasteiger charge is -2.10. The molecule has 0 aliphatic carbocycles. The molecule has 0 aliphatic heterocycles. The van der Waals surface area contributed by atoms with Crippen LogP contribution >= 0.6 is 0 Å². The van der Waals surface area contributed by atoms with Crippen molar-refractivity contribution in [2.45, 2.75) is 19.4 Å². The minimum atomic E-state index is -0.149. The van der Waals surface area contributed by atoms with E-state index in [9.17, 15) is 4.79 Å². The van der Waals surface area contributed by atoms with Crippen molar-refractivity contribution in [3.8, 4) is 12.3 Å². The van der Waals surface area contributed by atoms with Crippen LogP contribution in [0.5, 0.6) is 0 Å². The Morgan fingerprint density at radius 3 is 2.86 bits per heavy atom. The predicted octanol–water partition coefficient (Wildman–Crippen LogP) is 0.177. The number of hydrogen-bond acceptors (Lipinski definition) is 3. The van der Waals surface area contributed by atoms with E-state index in [1.165, 1.54) is 0 Å². The standard InChI is InChI=1S/C10H17NO3/c1-4-5-9(2)11-10(12)8-14-7-6-13-3/h1,9H,5-8H2,2-3H3,(H,11,12). The highest BCUT2D eigenvalue weighted by atomic mass is 16.5. The van der Waals surface area contributed by atoms with Gasteiger partial charge in [0, 0.05) is 19.6 Å². The summed E-state index contributed by atoms with van der Waals surface area (Å²) in [6.45, 7) is 2.83. The fourth-order valence-electron chi connectivity index (χ4n) is 0.851. The first kappa shape index (κ1) is 12.9. The quantitative estimate of drug-likeness (QED) is 0.470. The van der Waals surface area contributed by atoms with Crippen molar-refractivity contribution in [2.75, 3.05) is 26.9 Å². The van der Waals surface area contributed by atoms with Crippen LogP contribution in [0.1, 0.15) is 13.3 Å². The molecule has 0 aromatic rings. The van der Waals surface area contributed by atoms with Crippen LogP contribution in [-0.4, -0.2) is 38.9 Å². The Kier molecular flexibility index (Phi) is 7.90. The van der Waals surface area contributed by atoms with Gasteiger partial charge in [-0.05, 0) is 6.92 Å². The molecule has 1 atom stereocenters. The summed E-state index contributed by atoms with van der Waals surface area (Å²) in [6.07, 6.45) is 5.63. The Labute approximate surface area is 85.0 Å². The van der Waals surface area contributed by atoms with Crippen LogP contribution in [0.2, 0.25) is 0 Å². The van der Waals surface area contributed by atoms with Gasteiger partial charge in [0.25, 0.3) is 0 Å². The van der Waals surface area contributed by atoms with E-state index in [2.05, 4.69) is 11.2 Å². The molecule has 4 heteroatoms. The number of nitrogens with one attached hydrogen (secondary N) is 1. The van der Waals surface area contributed by atoms with Crippen LogP contribution in [0.3, 0.4) is 0 Å². The van der Waals surface area contributed by atoms with E-state index in [-0.39, 0.29) is 18.6 Å². The summed E-state index contributed by atoms with van der Waals surface area (Å²) in [4.78, 5) is 11.1. The zero-order valence-corrected chi connectivity index (χ0v) is 8.71. The van der Waals surface area contributed by atoms with Gasteiger partial charge in [-0.2, -0.15) is 0 Å². The summed E-state index contributed by atoms with van der Waals surface area (Å²) in [5.41, 5.74) is 0. The van der Waals surface area contributed by atoms with Gasteiger partial charge in [0.2, 0.25) is 5.91 Å². The van der Waals surface area contributed by atoms with Crippen molar-refractivity contribution in [3.05, 3.63) is 0 Å². The van der Waals surface area contributed by atoms with Crippen LogP contribution < -0.4 is 5.32 Å². The Hall–Kier alpha value is -1.05. The van der Waals surface area contributed by atoms with Crippen molar-refractivity contribution in [3.63, 3.8) is 0 Å². The van der Waals surface area contributed by atoms with Gasteiger partial charge in [-0.3, -0.25) is 4.79 Å². The van der Waals surface area contributed by atoms with Crippen molar-refractivity contribution in [2.24, 2.45) is 0 Å². The molecule has 0 spiro atoms. The smallest absolute Gasteiger partial charge is 0.246 e. The molecule has 0 saturated heterocycles. The minimum absolute atomic E-state index is 0.00137. The number of amides is 1. The third-order valence-corrected chi connectivity index (χ3v) is 1.50. The topological polar surface area (TPSA) is 47.6 Å². The molecule has 0 bridgehead atoms. The normalized spacial score (nSPS) is 11.8. The Morgan fingerprint density at radius 2 is 2.29 bits per heavy atom. The van der Waals surface area contributed by atoms with E-state index < -0.39 is 0 Å². The number of ether oxygens (including phenoxy) is 2. The molecule has 80 valence electrons. The second kappa shape index (κ2) is 8.54. The van der Waals surface area contributed by atoms with Gasteiger partial charge in [0.05, 0.1) is 13.2 Å². The molecule has 14 heavy (non-hydrogen) atoms. The molecule has 1 unspecified atom stereocenters. The highest BCUT2D eigenvalue weighted by Crippen LogP contribution is 1.87. The van der Waals surface area contributed by atoms with Gasteiger partial charge >= 0.3 is 0 Å². The molecule has 1 N–H and O–H groups in total. The molecule has 1 amide bonds. The molecular formula is C10H17NO3. The van der Waals surface area contributed by atoms with E-state index in [4.69, 9.17) is 15.9 Å². The first-order chi connectivity index (χ1) is 6.70. The average molecular weight is 199 g/mol. The number of methoxy groups -OCH3 is 1. The summed E-state index contributed by atoms with van der Waals surface area (Å²) in [5, 5.41) is 2.71. The van der Waals surface area contributed by atoms with Crippen molar-refractivity contribution in [1.82, 2.24) is 5.32 Å². The zero-order chi connectivity index (χ0) is 10.8. The average Bonchev–Trinajstić information content (AvgIpc) is 2.13. The van der Waals surface area contributed by atoms with Gasteiger partial charge in [-0.25, -0.2) is 0 Å². The van der Waals surface area contributed by atoms with Crippen LogP contribution in [-0.2, 0) is 14.3 Å². The Morgan fingerprint density at radius 1 is 1.57 bits per heavy atom. The van der Waals surface area contributed by atoms with E-state index in [0.29, 0.717) is 19.6 Å². The lowest BCUT2D eigenvalue weighted by Crippen LogP contribution is -2.35. The van der Waals surface area contributed by atoms with Crippen LogP contribution in [0, 0.1) is 12.3 Å². The third kappa shape index (κ3) is 7.59.